The highest BCUT2D eigenvalue weighted by atomic mass is 32.2. The van der Waals surface area contributed by atoms with Crippen LogP contribution in [-0.4, -0.2) is 32.0 Å². The lowest BCUT2D eigenvalue weighted by molar-refractivity contribution is -0.120. The highest BCUT2D eigenvalue weighted by Crippen LogP contribution is 2.25. The molecule has 0 aliphatic heterocycles. The van der Waals surface area contributed by atoms with Crippen molar-refractivity contribution in [2.24, 2.45) is 7.05 Å². The van der Waals surface area contributed by atoms with Crippen LogP contribution in [0.5, 0.6) is 0 Å². The summed E-state index contributed by atoms with van der Waals surface area (Å²) < 4.78 is 7.21. The average molecular weight is 385 g/mol. The van der Waals surface area contributed by atoms with Gasteiger partial charge in [-0.1, -0.05) is 42.1 Å². The molecule has 0 fully saturated rings. The number of carbonyl (C=O) groups is 1. The number of furan rings is 1. The van der Waals surface area contributed by atoms with Crippen LogP contribution < -0.4 is 5.32 Å². The number of thioether (sulfide) groups is 1. The summed E-state index contributed by atoms with van der Waals surface area (Å²) in [5.41, 5.74) is 1.28. The van der Waals surface area contributed by atoms with Crippen LogP contribution in [0.4, 0.5) is 0 Å². The van der Waals surface area contributed by atoms with E-state index < -0.39 is 0 Å². The number of carbonyl (C=O) groups excluding carboxylic acids is 1. The zero-order chi connectivity index (χ0) is 19.2. The van der Waals surface area contributed by atoms with E-state index in [9.17, 15) is 4.79 Å². The maximum absolute atomic E-state index is 12.5. The lowest BCUT2D eigenvalue weighted by Gasteiger charge is -2.17. The molecule has 7 heteroatoms. The van der Waals surface area contributed by atoms with Crippen LogP contribution >= 0.6 is 11.8 Å². The highest BCUT2D eigenvalue weighted by molar-refractivity contribution is 8.00. The van der Waals surface area contributed by atoms with E-state index in [1.165, 1.54) is 17.3 Å². The molecule has 0 bridgehead atoms. The van der Waals surface area contributed by atoms with Crippen LogP contribution in [0.25, 0.3) is 11.6 Å². The van der Waals surface area contributed by atoms with E-state index in [1.54, 1.807) is 6.26 Å². The molecule has 0 spiro atoms. The molecule has 3 aromatic rings. The maximum atomic E-state index is 12.5. The Balaban J connectivity index is 1.52. The minimum Gasteiger partial charge on any atom is -0.461 e. The Labute approximate surface area is 163 Å². The topological polar surface area (TPSA) is 73.0 Å². The SMILES string of the molecule is C[C@@H](CCc1ccccc1)NC(=O)[C@@H](C)Sc1nnc(-c2ccco2)n1C. The molecule has 1 amide bonds. The first-order valence-corrected chi connectivity index (χ1v) is 9.86. The van der Waals surface area contributed by atoms with Gasteiger partial charge in [0.1, 0.15) is 0 Å². The number of benzene rings is 1. The van der Waals surface area contributed by atoms with E-state index in [1.807, 2.05) is 55.8 Å². The number of aryl methyl sites for hydroxylation is 1. The lowest BCUT2D eigenvalue weighted by Crippen LogP contribution is -2.38. The van der Waals surface area contributed by atoms with Crippen LogP contribution in [0.2, 0.25) is 0 Å². The van der Waals surface area contributed by atoms with Crippen LogP contribution in [0.3, 0.4) is 0 Å². The fraction of sp³-hybridized carbons (Fsp3) is 0.350. The number of nitrogens with zero attached hydrogens (tertiary/aromatic N) is 3. The number of rotatable bonds is 8. The van der Waals surface area contributed by atoms with Gasteiger partial charge in [-0.25, -0.2) is 0 Å². The lowest BCUT2D eigenvalue weighted by atomic mass is 10.1. The quantitative estimate of drug-likeness (QED) is 0.600. The van der Waals surface area contributed by atoms with E-state index in [-0.39, 0.29) is 17.2 Å². The van der Waals surface area contributed by atoms with Crippen molar-refractivity contribution in [2.75, 3.05) is 0 Å². The normalized spacial score (nSPS) is 13.3. The number of nitrogens with one attached hydrogen (secondary N) is 1. The molecule has 0 aliphatic rings. The van der Waals surface area contributed by atoms with E-state index in [0.29, 0.717) is 16.7 Å². The molecule has 2 aromatic heterocycles. The molecule has 2 heterocycles. The number of hydrogen-bond acceptors (Lipinski definition) is 5. The number of hydrogen-bond donors (Lipinski definition) is 1. The summed E-state index contributed by atoms with van der Waals surface area (Å²) in [5, 5.41) is 11.8. The van der Waals surface area contributed by atoms with Gasteiger partial charge in [0.25, 0.3) is 0 Å². The second-order valence-corrected chi connectivity index (χ2v) is 7.84. The van der Waals surface area contributed by atoms with Gasteiger partial charge in [-0.2, -0.15) is 0 Å². The van der Waals surface area contributed by atoms with Crippen molar-refractivity contribution in [1.82, 2.24) is 20.1 Å². The molecule has 1 N–H and O–H groups in total. The van der Waals surface area contributed by atoms with Crippen molar-refractivity contribution < 1.29 is 9.21 Å². The fourth-order valence-corrected chi connectivity index (χ4v) is 3.53. The zero-order valence-electron chi connectivity index (χ0n) is 15.8. The Morgan fingerprint density at radius 2 is 1.96 bits per heavy atom. The molecule has 6 nitrogen and oxygen atoms in total. The van der Waals surface area contributed by atoms with Gasteiger partial charge >= 0.3 is 0 Å². The molecular formula is C20H24N4O2S. The van der Waals surface area contributed by atoms with Crippen molar-refractivity contribution >= 4 is 17.7 Å². The standard InChI is InChI=1S/C20H24N4O2S/c1-14(11-12-16-8-5-4-6-9-16)21-19(25)15(2)27-20-23-22-18(24(20)3)17-10-7-13-26-17/h4-10,13-15H,11-12H2,1-3H3,(H,21,25)/t14-,15+/m0/s1. The Bertz CT molecular complexity index is 862. The fourth-order valence-electron chi connectivity index (χ4n) is 2.71. The molecule has 0 radical (unpaired) electrons. The summed E-state index contributed by atoms with van der Waals surface area (Å²) in [5.74, 6) is 1.30. The first-order chi connectivity index (χ1) is 13.0. The second kappa shape index (κ2) is 8.90. The van der Waals surface area contributed by atoms with Crippen molar-refractivity contribution in [2.45, 2.75) is 43.1 Å². The average Bonchev–Trinajstić information content (AvgIpc) is 3.31. The molecule has 1 aromatic carbocycles. The Morgan fingerprint density at radius 1 is 1.19 bits per heavy atom. The molecule has 0 aliphatic carbocycles. The predicted octanol–water partition coefficient (Wildman–Crippen LogP) is 3.69. The second-order valence-electron chi connectivity index (χ2n) is 6.54. The van der Waals surface area contributed by atoms with Crippen LogP contribution in [0.1, 0.15) is 25.8 Å². The third-order valence-electron chi connectivity index (χ3n) is 4.33. The van der Waals surface area contributed by atoms with Gasteiger partial charge in [0, 0.05) is 13.1 Å². The van der Waals surface area contributed by atoms with Gasteiger partial charge in [0.15, 0.2) is 16.7 Å². The Kier molecular flexibility index (Phi) is 6.34. The Hall–Kier alpha value is -2.54. The molecule has 27 heavy (non-hydrogen) atoms. The minimum absolute atomic E-state index is 0.00288. The molecule has 0 unspecified atom stereocenters. The molecule has 0 saturated heterocycles. The number of aromatic nitrogens is 3. The van der Waals surface area contributed by atoms with Crippen LogP contribution in [0.15, 0.2) is 58.3 Å². The maximum Gasteiger partial charge on any atom is 0.233 e. The van der Waals surface area contributed by atoms with Crippen molar-refractivity contribution in [3.8, 4) is 11.6 Å². The monoisotopic (exact) mass is 384 g/mol. The van der Waals surface area contributed by atoms with Gasteiger partial charge in [-0.15, -0.1) is 10.2 Å². The van der Waals surface area contributed by atoms with E-state index in [4.69, 9.17) is 4.42 Å². The summed E-state index contributed by atoms with van der Waals surface area (Å²) in [7, 11) is 1.87. The van der Waals surface area contributed by atoms with Gasteiger partial charge in [0.05, 0.1) is 11.5 Å². The Morgan fingerprint density at radius 3 is 2.67 bits per heavy atom. The van der Waals surface area contributed by atoms with Crippen LogP contribution in [-0.2, 0) is 18.3 Å². The summed E-state index contributed by atoms with van der Waals surface area (Å²) in [6.07, 6.45) is 3.45. The van der Waals surface area contributed by atoms with Gasteiger partial charge in [-0.3, -0.25) is 4.79 Å². The van der Waals surface area contributed by atoms with Gasteiger partial charge < -0.3 is 14.3 Å². The van der Waals surface area contributed by atoms with E-state index in [2.05, 4.69) is 27.6 Å². The van der Waals surface area contributed by atoms with E-state index in [0.717, 1.165) is 12.8 Å². The highest BCUT2D eigenvalue weighted by Gasteiger charge is 2.21. The molecule has 0 saturated carbocycles. The van der Waals surface area contributed by atoms with Crippen molar-refractivity contribution in [3.05, 3.63) is 54.3 Å². The summed E-state index contributed by atoms with van der Waals surface area (Å²) in [6, 6.07) is 14.1. The van der Waals surface area contributed by atoms with Gasteiger partial charge in [-0.05, 0) is 44.4 Å². The smallest absolute Gasteiger partial charge is 0.233 e. The first kappa shape index (κ1) is 19.2. The number of amides is 1. The molecular weight excluding hydrogens is 360 g/mol. The third kappa shape index (κ3) is 5.01. The predicted molar refractivity (Wildman–Crippen MR) is 106 cm³/mol. The zero-order valence-corrected chi connectivity index (χ0v) is 16.6. The van der Waals surface area contributed by atoms with Crippen LogP contribution in [0, 0.1) is 0 Å². The summed E-state index contributed by atoms with van der Waals surface area (Å²) in [6.45, 7) is 3.92. The summed E-state index contributed by atoms with van der Waals surface area (Å²) in [4.78, 5) is 12.5. The third-order valence-corrected chi connectivity index (χ3v) is 5.46. The minimum atomic E-state index is -0.267. The largest absolute Gasteiger partial charge is 0.461 e. The summed E-state index contributed by atoms with van der Waals surface area (Å²) >= 11 is 1.39. The molecule has 3 rings (SSSR count). The van der Waals surface area contributed by atoms with E-state index >= 15 is 0 Å². The molecule has 142 valence electrons. The van der Waals surface area contributed by atoms with Crippen molar-refractivity contribution in [1.29, 1.82) is 0 Å². The van der Waals surface area contributed by atoms with Crippen molar-refractivity contribution in [3.63, 3.8) is 0 Å². The molecule has 2 atom stereocenters. The van der Waals surface area contributed by atoms with Gasteiger partial charge in [0.2, 0.25) is 5.91 Å². The first-order valence-electron chi connectivity index (χ1n) is 8.99.